The van der Waals surface area contributed by atoms with Gasteiger partial charge in [-0.15, -0.1) is 0 Å². The molecule has 0 spiro atoms. The second kappa shape index (κ2) is 7.38. The number of hydrogen-bond acceptors (Lipinski definition) is 4. The van der Waals surface area contributed by atoms with Crippen LogP contribution in [-0.2, 0) is 19.7 Å². The van der Waals surface area contributed by atoms with Gasteiger partial charge < -0.3 is 4.74 Å². The summed E-state index contributed by atoms with van der Waals surface area (Å²) in [4.78, 5) is 11.8. The molecule has 0 aromatic heterocycles. The van der Waals surface area contributed by atoms with E-state index in [0.717, 1.165) is 19.3 Å². The Kier molecular flexibility index (Phi) is 6.42. The first-order valence-corrected chi connectivity index (χ1v) is 8.56. The average Bonchev–Trinajstić information content (AvgIpc) is 2.61. The number of hydrogen-bond donors (Lipinski definition) is 1. The standard InChI is InChI=1S/C13H26N2O4S/c1-10(2)15(3)20(17,18)14-12-9-7-5-6-8-11(12)13(16)19-4/h10-12,14H,5-9H2,1-4H3/t11-,12-/m0/s1. The van der Waals surface area contributed by atoms with Gasteiger partial charge in [-0.2, -0.15) is 17.4 Å². The first kappa shape index (κ1) is 17.4. The van der Waals surface area contributed by atoms with Crippen LogP contribution < -0.4 is 4.72 Å². The maximum atomic E-state index is 12.3. The summed E-state index contributed by atoms with van der Waals surface area (Å²) in [6.07, 6.45) is 4.21. The fourth-order valence-corrected chi connectivity index (χ4v) is 3.82. The molecule has 1 saturated carbocycles. The van der Waals surface area contributed by atoms with Gasteiger partial charge in [0.15, 0.2) is 0 Å². The van der Waals surface area contributed by atoms with Gasteiger partial charge in [-0.05, 0) is 26.7 Å². The van der Waals surface area contributed by atoms with Crippen molar-refractivity contribution in [3.63, 3.8) is 0 Å². The zero-order valence-electron chi connectivity index (χ0n) is 12.8. The molecule has 7 heteroatoms. The molecule has 0 aromatic carbocycles. The summed E-state index contributed by atoms with van der Waals surface area (Å²) in [5.74, 6) is -0.718. The third kappa shape index (κ3) is 4.43. The molecule has 1 fully saturated rings. The van der Waals surface area contributed by atoms with Crippen LogP contribution in [0.3, 0.4) is 0 Å². The Balaban J connectivity index is 2.87. The molecule has 2 atom stereocenters. The van der Waals surface area contributed by atoms with Gasteiger partial charge >= 0.3 is 5.97 Å². The average molecular weight is 306 g/mol. The molecule has 0 heterocycles. The summed E-state index contributed by atoms with van der Waals surface area (Å²) >= 11 is 0. The van der Waals surface area contributed by atoms with Crippen LogP contribution in [0, 0.1) is 5.92 Å². The van der Waals surface area contributed by atoms with Crippen LogP contribution in [0.25, 0.3) is 0 Å². The fourth-order valence-electron chi connectivity index (χ4n) is 2.43. The molecular weight excluding hydrogens is 280 g/mol. The molecule has 1 N–H and O–H groups in total. The highest BCUT2D eigenvalue weighted by molar-refractivity contribution is 7.87. The van der Waals surface area contributed by atoms with Crippen molar-refractivity contribution in [1.82, 2.24) is 9.03 Å². The number of nitrogens with zero attached hydrogens (tertiary/aromatic N) is 1. The molecular formula is C13H26N2O4S. The molecule has 1 aliphatic carbocycles. The topological polar surface area (TPSA) is 75.7 Å². The van der Waals surface area contributed by atoms with Crippen molar-refractivity contribution in [2.75, 3.05) is 14.2 Å². The largest absolute Gasteiger partial charge is 0.469 e. The van der Waals surface area contributed by atoms with Crippen molar-refractivity contribution in [1.29, 1.82) is 0 Å². The number of methoxy groups -OCH3 is 1. The minimum Gasteiger partial charge on any atom is -0.469 e. The van der Waals surface area contributed by atoms with E-state index in [9.17, 15) is 13.2 Å². The number of nitrogens with one attached hydrogen (secondary N) is 1. The predicted octanol–water partition coefficient (Wildman–Crippen LogP) is 1.28. The summed E-state index contributed by atoms with van der Waals surface area (Å²) < 4.78 is 33.3. The second-order valence-electron chi connectivity index (χ2n) is 5.61. The highest BCUT2D eigenvalue weighted by Gasteiger charge is 2.34. The summed E-state index contributed by atoms with van der Waals surface area (Å²) in [5, 5.41) is 0. The SMILES string of the molecule is COC(=O)[C@H]1CCCCC[C@@H]1NS(=O)(=O)N(C)C(C)C. The van der Waals surface area contributed by atoms with E-state index in [1.54, 1.807) is 0 Å². The summed E-state index contributed by atoms with van der Waals surface area (Å²) in [7, 11) is -0.690. The van der Waals surface area contributed by atoms with Crippen molar-refractivity contribution in [3.8, 4) is 0 Å². The van der Waals surface area contributed by atoms with Crippen LogP contribution in [0.4, 0.5) is 0 Å². The molecule has 0 saturated heterocycles. The van der Waals surface area contributed by atoms with Crippen LogP contribution >= 0.6 is 0 Å². The van der Waals surface area contributed by atoms with E-state index in [0.29, 0.717) is 12.8 Å². The van der Waals surface area contributed by atoms with Crippen molar-refractivity contribution in [2.45, 2.75) is 58.0 Å². The Morgan fingerprint density at radius 2 is 1.85 bits per heavy atom. The van der Waals surface area contributed by atoms with Gasteiger partial charge in [0, 0.05) is 19.1 Å². The van der Waals surface area contributed by atoms with Gasteiger partial charge in [-0.3, -0.25) is 4.79 Å². The smallest absolute Gasteiger partial charge is 0.310 e. The number of carbonyl (C=O) groups excluding carboxylic acids is 1. The van der Waals surface area contributed by atoms with E-state index in [-0.39, 0.29) is 18.1 Å². The normalized spacial score (nSPS) is 24.7. The van der Waals surface area contributed by atoms with Crippen LogP contribution in [-0.4, -0.2) is 44.9 Å². The Morgan fingerprint density at radius 1 is 1.25 bits per heavy atom. The van der Waals surface area contributed by atoms with E-state index in [2.05, 4.69) is 4.72 Å². The van der Waals surface area contributed by atoms with Gasteiger partial charge in [-0.25, -0.2) is 0 Å². The number of ether oxygens (including phenoxy) is 1. The maximum Gasteiger partial charge on any atom is 0.310 e. The number of carbonyl (C=O) groups is 1. The van der Waals surface area contributed by atoms with Gasteiger partial charge in [0.2, 0.25) is 0 Å². The van der Waals surface area contributed by atoms with Gasteiger partial charge in [-0.1, -0.05) is 19.3 Å². The van der Waals surface area contributed by atoms with E-state index >= 15 is 0 Å². The quantitative estimate of drug-likeness (QED) is 0.613. The predicted molar refractivity (Wildman–Crippen MR) is 77.3 cm³/mol. The Labute approximate surface area is 122 Å². The fraction of sp³-hybridized carbons (Fsp3) is 0.923. The van der Waals surface area contributed by atoms with Crippen LogP contribution in [0.5, 0.6) is 0 Å². The molecule has 0 unspecified atom stereocenters. The van der Waals surface area contributed by atoms with Gasteiger partial charge in [0.05, 0.1) is 13.0 Å². The van der Waals surface area contributed by atoms with E-state index in [1.165, 1.54) is 18.5 Å². The molecule has 6 nitrogen and oxygen atoms in total. The first-order valence-electron chi connectivity index (χ1n) is 7.12. The van der Waals surface area contributed by atoms with Crippen molar-refractivity contribution < 1.29 is 17.9 Å². The summed E-state index contributed by atoms with van der Waals surface area (Å²) in [6.45, 7) is 3.62. The zero-order chi connectivity index (χ0) is 15.3. The lowest BCUT2D eigenvalue weighted by atomic mass is 9.96. The summed E-state index contributed by atoms with van der Waals surface area (Å²) in [6, 6.07) is -0.508. The second-order valence-corrected chi connectivity index (χ2v) is 7.37. The number of esters is 1. The molecule has 118 valence electrons. The maximum absolute atomic E-state index is 12.3. The molecule has 0 amide bonds. The Bertz CT molecular complexity index is 422. The highest BCUT2D eigenvalue weighted by atomic mass is 32.2. The molecule has 0 aromatic rings. The number of rotatable bonds is 5. The molecule has 0 aliphatic heterocycles. The molecule has 0 bridgehead atoms. The summed E-state index contributed by atoms with van der Waals surface area (Å²) in [5.41, 5.74) is 0. The third-order valence-electron chi connectivity index (χ3n) is 3.93. The van der Waals surface area contributed by atoms with Gasteiger partial charge in [0.25, 0.3) is 10.2 Å². The Morgan fingerprint density at radius 3 is 2.40 bits per heavy atom. The molecule has 1 rings (SSSR count). The molecule has 0 radical (unpaired) electrons. The minimum absolute atomic E-state index is 0.130. The van der Waals surface area contributed by atoms with Gasteiger partial charge in [0.1, 0.15) is 0 Å². The zero-order valence-corrected chi connectivity index (χ0v) is 13.6. The lowest BCUT2D eigenvalue weighted by Gasteiger charge is -2.28. The van der Waals surface area contributed by atoms with Crippen LogP contribution in [0.2, 0.25) is 0 Å². The molecule has 20 heavy (non-hydrogen) atoms. The first-order chi connectivity index (χ1) is 9.29. The monoisotopic (exact) mass is 306 g/mol. The molecule has 1 aliphatic rings. The lowest BCUT2D eigenvalue weighted by molar-refractivity contribution is -0.146. The van der Waals surface area contributed by atoms with E-state index in [1.807, 2.05) is 13.8 Å². The Hall–Kier alpha value is -0.660. The van der Waals surface area contributed by atoms with Crippen molar-refractivity contribution in [3.05, 3.63) is 0 Å². The van der Waals surface area contributed by atoms with E-state index in [4.69, 9.17) is 4.74 Å². The van der Waals surface area contributed by atoms with Crippen LogP contribution in [0.1, 0.15) is 46.0 Å². The van der Waals surface area contributed by atoms with Crippen molar-refractivity contribution >= 4 is 16.2 Å². The minimum atomic E-state index is -3.57. The van der Waals surface area contributed by atoms with Crippen LogP contribution in [0.15, 0.2) is 0 Å². The van der Waals surface area contributed by atoms with E-state index < -0.39 is 16.1 Å². The van der Waals surface area contributed by atoms with Crippen molar-refractivity contribution in [2.24, 2.45) is 5.92 Å². The lowest BCUT2D eigenvalue weighted by Crippen LogP contribution is -2.49. The third-order valence-corrected chi connectivity index (χ3v) is 5.71. The highest BCUT2D eigenvalue weighted by Crippen LogP contribution is 2.25.